The number of imidazole rings is 1. The molecule has 2 aromatic rings. The highest BCUT2D eigenvalue weighted by Crippen LogP contribution is 2.25. The third-order valence-electron chi connectivity index (χ3n) is 23.0. The van der Waals surface area contributed by atoms with Crippen LogP contribution >= 0.6 is 0 Å². The van der Waals surface area contributed by atoms with Gasteiger partial charge in [0.15, 0.2) is 34.7 Å². The lowest BCUT2D eigenvalue weighted by Crippen LogP contribution is -2.56. The number of aromatic nitrogens is 2. The van der Waals surface area contributed by atoms with Crippen LogP contribution < -0.4 is 70.4 Å². The molecule has 0 unspecified atom stereocenters. The minimum Gasteiger partial charge on any atom is -0.396 e. The number of nitrogens with one attached hydrogen (secondary N) is 11. The predicted molar refractivity (Wildman–Crippen MR) is 480 cm³/mol. The second kappa shape index (κ2) is 63.4. The Morgan fingerprint density at radius 1 is 0.425 bits per heavy atom. The van der Waals surface area contributed by atoms with Gasteiger partial charge in [0, 0.05) is 106 Å². The van der Waals surface area contributed by atoms with Crippen LogP contribution in [0.1, 0.15) is 274 Å². The molecule has 1 aromatic heterocycles. The summed E-state index contributed by atoms with van der Waals surface area (Å²) < 4.78 is 0. The summed E-state index contributed by atoms with van der Waals surface area (Å²) in [6.45, 7) is 16.3. The molecular formula is C92H153N15O20. The van der Waals surface area contributed by atoms with Gasteiger partial charge in [0.2, 0.25) is 65.0 Å². The van der Waals surface area contributed by atoms with Gasteiger partial charge in [0.25, 0.3) is 0 Å². The van der Waals surface area contributed by atoms with Gasteiger partial charge >= 0.3 is 0 Å². The van der Waals surface area contributed by atoms with E-state index in [2.05, 4.69) is 70.1 Å². The normalized spacial score (nSPS) is 15.0. The zero-order valence-corrected chi connectivity index (χ0v) is 77.4. The number of nitrogens with two attached hydrogens (primary N) is 3. The fourth-order valence-electron chi connectivity index (χ4n) is 14.8. The Morgan fingerprint density at radius 3 is 1.45 bits per heavy atom. The second-order valence-electron chi connectivity index (χ2n) is 35.2. The Morgan fingerprint density at radius 2 is 0.913 bits per heavy atom. The minimum atomic E-state index is -1.74. The molecule has 0 saturated heterocycles. The van der Waals surface area contributed by atoms with E-state index >= 15 is 0 Å². The average Bonchev–Trinajstić information content (AvgIpc) is 1.08. The molecule has 20 N–H and O–H groups in total. The topological polar surface area (TPSA) is 578 Å². The molecule has 0 aliphatic heterocycles. The number of primary amides is 1. The number of aliphatic hydroxyl groups excluding tert-OH is 3. The monoisotopic (exact) mass is 1790 g/mol. The van der Waals surface area contributed by atoms with Gasteiger partial charge in [-0.15, -0.1) is 0 Å². The van der Waals surface area contributed by atoms with Crippen molar-refractivity contribution >= 4 is 99.7 Å². The van der Waals surface area contributed by atoms with Crippen molar-refractivity contribution in [2.45, 2.75) is 330 Å². The molecule has 11 amide bonds. The largest absolute Gasteiger partial charge is 0.396 e. The Balaban J connectivity index is 2.29. The van der Waals surface area contributed by atoms with E-state index in [9.17, 15) is 96.8 Å². The standard InChI is InChI=1S/C92H153N15O20/c1-13-14-15-16-17-18-19-20-21-22-23-24-28-37-82(118)98-52-83(119)100-61(10)86(121)102-70(36-30-32-41-94)92(127)105-72(44-63-33-26-25-27-34-63)77(113)46-64(35-29-31-40-93)88(123)107-84(62(11)110)80(116)47-66(53-108)89(124)101-60(9)75(111)45-65(38-39-81(95)117)87(122)104-73(48-67-51-97-55-99-67)76(112)43-59(8)85(120)103-71(42-56(2)3)78(114)50-69(58(6)7)91(126)106-74(54-109)79(115)49-68(57(4)5)90(125)96-12/h25-27,33-34,51,55-62,64-66,68-74,84,108-110H,13-24,28-32,35-50,52-54,93-94H2,1-12H3,(H2,95,117)(H,96,125)(H,97,99)(H,98,118)(H,100,119)(H,101,124)(H,102,121)(H,103,120)(H,104,122)(H,105,127)(H,106,126)(H,107,123)/t59-,60+,61+,62-,64-,65-,66+,68+,69+,70+,71+,72+,73+,74+,84+/m1/s1. The molecule has 35 heteroatoms. The summed E-state index contributed by atoms with van der Waals surface area (Å²) in [6, 6.07) is -2.22. The van der Waals surface area contributed by atoms with Gasteiger partial charge in [-0.05, 0) is 115 Å². The number of aliphatic hydroxyl groups is 3. The first-order valence-electron chi connectivity index (χ1n) is 45.9. The van der Waals surface area contributed by atoms with Crippen LogP contribution in [0.25, 0.3) is 0 Å². The van der Waals surface area contributed by atoms with Gasteiger partial charge in [-0.1, -0.05) is 169 Å². The van der Waals surface area contributed by atoms with Crippen LogP contribution in [-0.4, -0.2) is 219 Å². The van der Waals surface area contributed by atoms with E-state index < -0.39 is 235 Å². The van der Waals surface area contributed by atoms with Gasteiger partial charge < -0.3 is 90.7 Å². The van der Waals surface area contributed by atoms with Crippen LogP contribution in [0.5, 0.6) is 0 Å². The maximum atomic E-state index is 14.8. The lowest BCUT2D eigenvalue weighted by Gasteiger charge is -2.27. The molecule has 2 rings (SSSR count). The van der Waals surface area contributed by atoms with Gasteiger partial charge in [0.1, 0.15) is 24.2 Å². The van der Waals surface area contributed by atoms with Crippen molar-refractivity contribution in [2.75, 3.05) is 39.9 Å². The predicted octanol–water partition coefficient (Wildman–Crippen LogP) is 4.18. The molecule has 716 valence electrons. The first-order valence-corrected chi connectivity index (χ1v) is 45.9. The summed E-state index contributed by atoms with van der Waals surface area (Å²) in [5.41, 5.74) is 18.2. The maximum Gasteiger partial charge on any atom is 0.243 e. The zero-order valence-electron chi connectivity index (χ0n) is 77.4. The molecule has 0 saturated carbocycles. The van der Waals surface area contributed by atoms with Crippen molar-refractivity contribution in [1.82, 2.24) is 63.1 Å². The number of benzene rings is 1. The summed E-state index contributed by atoms with van der Waals surface area (Å²) in [5, 5.41) is 58.1. The van der Waals surface area contributed by atoms with Crippen molar-refractivity contribution in [1.29, 1.82) is 0 Å². The second-order valence-corrected chi connectivity index (χ2v) is 35.2. The van der Waals surface area contributed by atoms with Gasteiger partial charge in [-0.2, -0.15) is 0 Å². The van der Waals surface area contributed by atoms with Crippen LogP contribution in [0, 0.1) is 53.3 Å². The van der Waals surface area contributed by atoms with Gasteiger partial charge in [0.05, 0.1) is 62.3 Å². The minimum absolute atomic E-state index is 0.0270. The molecule has 1 heterocycles. The fraction of sp³-hybridized carbons (Fsp3) is 0.717. The molecular weight excluding hydrogens is 1640 g/mol. The third-order valence-corrected chi connectivity index (χ3v) is 23.0. The number of carbonyl (C=O) groups is 17. The van der Waals surface area contributed by atoms with Crippen LogP contribution in [-0.2, 0) is 94.3 Å². The Hall–Kier alpha value is -9.58. The lowest BCUT2D eigenvalue weighted by molar-refractivity contribution is -0.137. The number of aromatic amines is 1. The molecule has 0 aliphatic rings. The number of rotatable bonds is 72. The molecule has 1 aromatic carbocycles. The van der Waals surface area contributed by atoms with E-state index in [0.717, 1.165) is 19.3 Å². The van der Waals surface area contributed by atoms with Crippen LogP contribution in [0.3, 0.4) is 0 Å². The number of hydrogen-bond acceptors (Lipinski definition) is 23. The van der Waals surface area contributed by atoms with Crippen LogP contribution in [0.2, 0.25) is 0 Å². The van der Waals surface area contributed by atoms with E-state index in [0.29, 0.717) is 43.4 Å². The maximum absolute atomic E-state index is 14.8. The van der Waals surface area contributed by atoms with E-state index in [4.69, 9.17) is 17.2 Å². The SMILES string of the molecule is CCCCCCCCCCCCCCCC(=O)NCC(=O)N[C@@H](C)C(=O)N[C@@H](CCCCN)C(=O)N[C@@H](Cc1ccccc1)C(=O)C[C@@H](CCCCN)C(=O)N[C@H](C(=O)C[C@@H](CO)C(=O)N[C@@H](C)C(=O)C[C@@H](CCC(N)=O)C(=O)N[C@@H](Cc1cnc[nH]1)C(=O)C[C@@H](C)C(=O)N[C@@H](CC(C)C)C(=O)C[C@H](C(=O)N[C@@H](CO)C(=O)C[C@H](C(=O)NC)C(C)C)C(C)C)[C@@H](C)O. The number of unbranched alkanes of at least 4 members (excludes halogenated alkanes) is 14. The Bertz CT molecular complexity index is 3750. The smallest absolute Gasteiger partial charge is 0.243 e. The first-order chi connectivity index (χ1) is 60.2. The van der Waals surface area contributed by atoms with E-state index in [1.165, 1.54) is 105 Å². The number of Topliss-reactive ketones (excluding diaryl/α,β-unsaturated/α-hetero) is 6. The summed E-state index contributed by atoms with van der Waals surface area (Å²) in [5.74, 6) is -20.1. The van der Waals surface area contributed by atoms with E-state index in [1.54, 1.807) is 71.9 Å². The summed E-state index contributed by atoms with van der Waals surface area (Å²) in [4.78, 5) is 242. The van der Waals surface area contributed by atoms with E-state index in [1.807, 2.05) is 0 Å². The molecule has 0 fully saturated rings. The van der Waals surface area contributed by atoms with Crippen LogP contribution in [0.15, 0.2) is 42.9 Å². The Labute approximate surface area is 750 Å². The fourth-order valence-corrected chi connectivity index (χ4v) is 14.8. The van der Waals surface area contributed by atoms with Gasteiger partial charge in [-0.25, -0.2) is 4.98 Å². The zero-order chi connectivity index (χ0) is 95.3. The first kappa shape index (κ1) is 113. The molecule has 127 heavy (non-hydrogen) atoms. The number of ketones is 6. The van der Waals surface area contributed by atoms with E-state index in [-0.39, 0.29) is 94.7 Å². The van der Waals surface area contributed by atoms with Crippen molar-refractivity contribution < 1.29 is 96.8 Å². The number of carbonyl (C=O) groups excluding carboxylic acids is 17. The van der Waals surface area contributed by atoms with Crippen LogP contribution in [0.4, 0.5) is 0 Å². The number of amides is 11. The number of nitrogens with zero attached hydrogens (tertiary/aromatic N) is 1. The molecule has 35 nitrogen and oxygen atoms in total. The molecule has 0 spiro atoms. The highest BCUT2D eigenvalue weighted by Gasteiger charge is 2.40. The number of H-pyrrole nitrogens is 1. The van der Waals surface area contributed by atoms with Crippen molar-refractivity contribution in [2.24, 2.45) is 70.5 Å². The number of hydrogen-bond donors (Lipinski definition) is 17. The summed E-state index contributed by atoms with van der Waals surface area (Å²) >= 11 is 0. The molecule has 15 atom stereocenters. The lowest BCUT2D eigenvalue weighted by atomic mass is 9.85. The van der Waals surface area contributed by atoms with Gasteiger partial charge in [-0.3, -0.25) is 81.5 Å². The van der Waals surface area contributed by atoms with Crippen molar-refractivity contribution in [3.63, 3.8) is 0 Å². The average molecular weight is 1790 g/mol. The molecule has 0 bridgehead atoms. The summed E-state index contributed by atoms with van der Waals surface area (Å²) in [6.07, 6.45) is 13.8. The quantitative estimate of drug-likeness (QED) is 0.0413. The van der Waals surface area contributed by atoms with Crippen molar-refractivity contribution in [3.05, 3.63) is 54.1 Å². The Kier molecular flexibility index (Phi) is 56.6. The molecule has 0 aliphatic carbocycles. The third kappa shape index (κ3) is 45.8. The summed E-state index contributed by atoms with van der Waals surface area (Å²) in [7, 11) is 1.43. The van der Waals surface area contributed by atoms with Crippen molar-refractivity contribution in [3.8, 4) is 0 Å². The highest BCUT2D eigenvalue weighted by atomic mass is 16.3. The molecule has 0 radical (unpaired) electrons. The highest BCUT2D eigenvalue weighted by molar-refractivity contribution is 6.01.